The first kappa shape index (κ1) is 41.8. The molecule has 0 aliphatic heterocycles. The monoisotopic (exact) mass is 676 g/mol. The first-order valence-electron chi connectivity index (χ1n) is 16.6. The number of carbonyl (C=O) groups excluding carboxylic acids is 6. The summed E-state index contributed by atoms with van der Waals surface area (Å²) in [6.07, 6.45) is 1.27. The normalized spacial score (nSPS) is 13.6. The van der Waals surface area contributed by atoms with Gasteiger partial charge < -0.3 is 41.8 Å². The molecule has 0 bridgehead atoms. The highest BCUT2D eigenvalue weighted by atomic mass is 16.5. The molecule has 0 aliphatic carbocycles. The summed E-state index contributed by atoms with van der Waals surface area (Å²) in [7, 11) is 1.24. The van der Waals surface area contributed by atoms with Crippen LogP contribution in [0, 0.1) is 17.8 Å². The van der Waals surface area contributed by atoms with Crippen LogP contribution < -0.4 is 32.3 Å². The largest absolute Gasteiger partial charge is 0.467 e. The number of amides is 5. The molecule has 0 fully saturated rings. The van der Waals surface area contributed by atoms with Crippen molar-refractivity contribution in [1.29, 1.82) is 0 Å². The number of unbranched alkanes of at least 4 members (excludes halogenated alkanes) is 1. The van der Waals surface area contributed by atoms with E-state index in [1.54, 1.807) is 26.0 Å². The fourth-order valence-electron chi connectivity index (χ4n) is 4.79. The Hall–Kier alpha value is -4.20. The number of esters is 1. The minimum absolute atomic E-state index is 0.000362. The zero-order valence-electron chi connectivity index (χ0n) is 29.4. The Labute approximate surface area is 284 Å². The molecular weight excluding hydrogens is 620 g/mol. The molecule has 1 rings (SSSR count). The van der Waals surface area contributed by atoms with Crippen molar-refractivity contribution in [1.82, 2.24) is 26.6 Å². The molecule has 7 N–H and O–H groups in total. The molecular formula is C34H56N6O8. The highest BCUT2D eigenvalue weighted by molar-refractivity contribution is 5.94. The Morgan fingerprint density at radius 2 is 1.33 bits per heavy atom. The Bertz CT molecular complexity index is 1180. The third-order valence-electron chi connectivity index (χ3n) is 7.31. The van der Waals surface area contributed by atoms with Crippen molar-refractivity contribution in [2.45, 2.75) is 104 Å². The number of ether oxygens (including phenoxy) is 2. The predicted octanol–water partition coefficient (Wildman–Crippen LogP) is 1.90. The first-order chi connectivity index (χ1) is 22.7. The van der Waals surface area contributed by atoms with Gasteiger partial charge in [-0.05, 0) is 62.0 Å². The predicted molar refractivity (Wildman–Crippen MR) is 181 cm³/mol. The molecule has 0 aromatic heterocycles. The minimum atomic E-state index is -1.01. The summed E-state index contributed by atoms with van der Waals surface area (Å²) in [5.74, 6) is -3.19. The molecule has 0 unspecified atom stereocenters. The maximum Gasteiger partial charge on any atom is 0.408 e. The van der Waals surface area contributed by atoms with Gasteiger partial charge in [0.25, 0.3) is 0 Å². The average Bonchev–Trinajstić information content (AvgIpc) is 3.03. The number of hydrogen-bond acceptors (Lipinski definition) is 9. The zero-order chi connectivity index (χ0) is 36.2. The number of nitrogens with two attached hydrogens (primary N) is 1. The first-order valence-corrected chi connectivity index (χ1v) is 16.6. The number of hydrogen-bond donors (Lipinski definition) is 6. The van der Waals surface area contributed by atoms with Gasteiger partial charge in [0.1, 0.15) is 30.8 Å². The Kier molecular flexibility index (Phi) is 19.5. The van der Waals surface area contributed by atoms with Gasteiger partial charge in [-0.25, -0.2) is 9.59 Å². The van der Waals surface area contributed by atoms with Crippen LogP contribution in [0.5, 0.6) is 0 Å². The van der Waals surface area contributed by atoms with E-state index in [9.17, 15) is 28.8 Å². The molecule has 0 saturated heterocycles. The number of carbonyl (C=O) groups is 6. The van der Waals surface area contributed by atoms with Crippen LogP contribution in [0.4, 0.5) is 4.79 Å². The third kappa shape index (κ3) is 16.6. The van der Waals surface area contributed by atoms with Crippen LogP contribution in [-0.4, -0.2) is 80.1 Å². The molecule has 0 spiro atoms. The molecule has 48 heavy (non-hydrogen) atoms. The van der Waals surface area contributed by atoms with Crippen molar-refractivity contribution in [3.05, 3.63) is 35.9 Å². The Balaban J connectivity index is 2.88. The van der Waals surface area contributed by atoms with E-state index in [4.69, 9.17) is 15.2 Å². The van der Waals surface area contributed by atoms with Gasteiger partial charge in [-0.3, -0.25) is 19.2 Å². The van der Waals surface area contributed by atoms with Crippen LogP contribution in [0.25, 0.3) is 0 Å². The minimum Gasteiger partial charge on any atom is -0.467 e. The van der Waals surface area contributed by atoms with E-state index >= 15 is 0 Å². The van der Waals surface area contributed by atoms with Gasteiger partial charge in [-0.2, -0.15) is 0 Å². The molecule has 0 radical (unpaired) electrons. The number of benzene rings is 1. The smallest absolute Gasteiger partial charge is 0.408 e. The van der Waals surface area contributed by atoms with E-state index < -0.39 is 66.4 Å². The summed E-state index contributed by atoms with van der Waals surface area (Å²) in [6.45, 7) is 11.0. The van der Waals surface area contributed by atoms with Crippen LogP contribution in [0.1, 0.15) is 79.2 Å². The topological polar surface area (TPSA) is 207 Å². The molecule has 0 saturated carbocycles. The van der Waals surface area contributed by atoms with E-state index in [1.807, 2.05) is 45.9 Å². The second-order valence-electron chi connectivity index (χ2n) is 13.0. The van der Waals surface area contributed by atoms with Crippen molar-refractivity contribution < 1.29 is 38.2 Å². The molecule has 14 heteroatoms. The van der Waals surface area contributed by atoms with Gasteiger partial charge in [-0.1, -0.05) is 71.9 Å². The fourth-order valence-corrected chi connectivity index (χ4v) is 4.79. The van der Waals surface area contributed by atoms with Gasteiger partial charge in [0, 0.05) is 0 Å². The van der Waals surface area contributed by atoms with Gasteiger partial charge in [0.2, 0.25) is 23.6 Å². The maximum absolute atomic E-state index is 13.3. The molecule has 1 aromatic rings. The molecule has 1 aromatic carbocycles. The number of rotatable bonds is 21. The van der Waals surface area contributed by atoms with E-state index in [0.29, 0.717) is 25.8 Å². The van der Waals surface area contributed by atoms with Crippen molar-refractivity contribution in [2.75, 3.05) is 20.2 Å². The summed E-state index contributed by atoms with van der Waals surface area (Å²) in [6, 6.07) is 5.24. The van der Waals surface area contributed by atoms with Crippen molar-refractivity contribution in [3.8, 4) is 0 Å². The molecule has 14 nitrogen and oxygen atoms in total. The number of methoxy groups -OCH3 is 1. The summed E-state index contributed by atoms with van der Waals surface area (Å²) in [4.78, 5) is 77.3. The van der Waals surface area contributed by atoms with Crippen LogP contribution in [0.2, 0.25) is 0 Å². The number of nitrogens with one attached hydrogen (secondary N) is 5. The van der Waals surface area contributed by atoms with Gasteiger partial charge in [0.05, 0.1) is 13.7 Å². The summed E-state index contributed by atoms with van der Waals surface area (Å²) >= 11 is 0. The second-order valence-corrected chi connectivity index (χ2v) is 13.0. The number of alkyl carbamates (subject to hydrolysis) is 1. The molecule has 5 amide bonds. The highest BCUT2D eigenvalue weighted by Crippen LogP contribution is 2.10. The van der Waals surface area contributed by atoms with Crippen LogP contribution >= 0.6 is 0 Å². The van der Waals surface area contributed by atoms with E-state index in [0.717, 1.165) is 5.56 Å². The zero-order valence-corrected chi connectivity index (χ0v) is 29.4. The fraction of sp³-hybridized carbons (Fsp3) is 0.647. The van der Waals surface area contributed by atoms with Gasteiger partial charge >= 0.3 is 12.1 Å². The lowest BCUT2D eigenvalue weighted by Crippen LogP contribution is -2.57. The molecule has 0 heterocycles. The van der Waals surface area contributed by atoms with Crippen molar-refractivity contribution in [3.63, 3.8) is 0 Å². The summed E-state index contributed by atoms with van der Waals surface area (Å²) in [5.41, 5.74) is 6.39. The lowest BCUT2D eigenvalue weighted by atomic mass is 10.00. The van der Waals surface area contributed by atoms with Crippen LogP contribution in [0.3, 0.4) is 0 Å². The van der Waals surface area contributed by atoms with Crippen LogP contribution in [-0.2, 0) is 40.1 Å². The quantitative estimate of drug-likeness (QED) is 0.0829. The average molecular weight is 677 g/mol. The SMILES string of the molecule is COC(=O)[C@H](CC(C)C)NC(=O)[C@H](CCCCN)NC(=O)CNC(=O)[C@H](CC(C)C)NC(=O)[C@@H](NC(=O)OCc1ccccc1)C(C)C. The van der Waals surface area contributed by atoms with E-state index in [-0.39, 0.29) is 37.2 Å². The third-order valence-corrected chi connectivity index (χ3v) is 7.31. The lowest BCUT2D eigenvalue weighted by molar-refractivity contribution is -0.146. The van der Waals surface area contributed by atoms with Crippen molar-refractivity contribution in [2.24, 2.45) is 23.5 Å². The van der Waals surface area contributed by atoms with E-state index in [1.165, 1.54) is 7.11 Å². The van der Waals surface area contributed by atoms with Crippen LogP contribution in [0.15, 0.2) is 30.3 Å². The molecule has 0 aliphatic rings. The lowest BCUT2D eigenvalue weighted by Gasteiger charge is -2.26. The van der Waals surface area contributed by atoms with Gasteiger partial charge in [0.15, 0.2) is 0 Å². The second kappa shape index (κ2) is 22.4. The summed E-state index contributed by atoms with van der Waals surface area (Å²) in [5, 5.41) is 13.1. The summed E-state index contributed by atoms with van der Waals surface area (Å²) < 4.78 is 10.1. The highest BCUT2D eigenvalue weighted by Gasteiger charge is 2.31. The molecule has 270 valence electrons. The van der Waals surface area contributed by atoms with Gasteiger partial charge in [-0.15, -0.1) is 0 Å². The standard InChI is InChI=1S/C34H56N6O8/c1-21(2)17-26(38-32(44)29(23(5)6)40-34(46)48-20-24-13-9-8-10-14-24)30(42)36-19-28(41)37-25(15-11-12-16-35)31(43)39-27(18-22(3)4)33(45)47-7/h8-10,13-14,21-23,25-27,29H,11-12,15-20,35H2,1-7H3,(H,36,42)(H,37,41)(H,38,44)(H,39,43)(H,40,46)/t25-,26-,27-,29-/m0/s1. The van der Waals surface area contributed by atoms with E-state index in [2.05, 4.69) is 26.6 Å². The Morgan fingerprint density at radius 3 is 1.90 bits per heavy atom. The molecule has 4 atom stereocenters. The maximum atomic E-state index is 13.3. The van der Waals surface area contributed by atoms with Crippen molar-refractivity contribution >= 4 is 35.7 Å². The Morgan fingerprint density at radius 1 is 0.729 bits per heavy atom.